The van der Waals surface area contributed by atoms with Crippen molar-refractivity contribution in [1.82, 2.24) is 19.7 Å². The molecule has 2 N–H and O–H groups in total. The number of hydrogen-bond donors (Lipinski definition) is 2. The summed E-state index contributed by atoms with van der Waals surface area (Å²) in [5.74, 6) is 0.925. The molecule has 0 aliphatic rings. The lowest BCUT2D eigenvalue weighted by molar-refractivity contribution is -0.116. The highest BCUT2D eigenvalue weighted by Gasteiger charge is 2.17. The number of aromatic amines is 1. The van der Waals surface area contributed by atoms with Crippen LogP contribution in [0.3, 0.4) is 0 Å². The van der Waals surface area contributed by atoms with Crippen molar-refractivity contribution in [2.45, 2.75) is 40.0 Å². The lowest BCUT2D eigenvalue weighted by Gasteiger charge is -2.10. The molecule has 0 atom stereocenters. The minimum atomic E-state index is -0.240. The first kappa shape index (κ1) is 19.0. The molecular formula is C19H23N5O2S. The fourth-order valence-corrected chi connectivity index (χ4v) is 3.40. The number of carbonyl (C=O) groups is 1. The van der Waals surface area contributed by atoms with Crippen molar-refractivity contribution in [2.75, 3.05) is 5.32 Å². The summed E-state index contributed by atoms with van der Waals surface area (Å²) in [4.78, 5) is 32.6. The molecule has 3 aromatic heterocycles. The van der Waals surface area contributed by atoms with Gasteiger partial charge in [-0.1, -0.05) is 33.3 Å². The average Bonchev–Trinajstić information content (AvgIpc) is 3.23. The zero-order valence-corrected chi connectivity index (χ0v) is 16.5. The summed E-state index contributed by atoms with van der Waals surface area (Å²) < 4.78 is 1.49. The standard InChI is InChI=1S/C19H23N5O2S/c1-4-6-13-10-18(26)22-19(20-13)24-16(21-17(25)9-12(2)3)11-14(23-24)15-7-5-8-27-15/h5,7-8,10-12H,4,6,9H2,1-3H3,(H,21,25)(H,20,22,26). The predicted molar refractivity (Wildman–Crippen MR) is 107 cm³/mol. The summed E-state index contributed by atoms with van der Waals surface area (Å²) in [6, 6.07) is 7.20. The zero-order chi connectivity index (χ0) is 19.4. The molecular weight excluding hydrogens is 362 g/mol. The molecule has 0 aliphatic carbocycles. The normalized spacial score (nSPS) is 11.1. The first-order valence-corrected chi connectivity index (χ1v) is 9.88. The van der Waals surface area contributed by atoms with E-state index in [2.05, 4.69) is 20.4 Å². The highest BCUT2D eigenvalue weighted by molar-refractivity contribution is 7.13. The van der Waals surface area contributed by atoms with Gasteiger partial charge in [-0.3, -0.25) is 14.6 Å². The molecule has 0 radical (unpaired) electrons. The van der Waals surface area contributed by atoms with Gasteiger partial charge in [-0.25, -0.2) is 4.98 Å². The highest BCUT2D eigenvalue weighted by atomic mass is 32.1. The SMILES string of the molecule is CCCc1cc(=O)[nH]c(-n2nc(-c3cccs3)cc2NC(=O)CC(C)C)n1. The van der Waals surface area contributed by atoms with Gasteiger partial charge in [0, 0.05) is 24.2 Å². The molecule has 1 amide bonds. The molecule has 0 spiro atoms. The van der Waals surface area contributed by atoms with E-state index in [9.17, 15) is 9.59 Å². The molecule has 27 heavy (non-hydrogen) atoms. The Morgan fingerprint density at radius 1 is 1.37 bits per heavy atom. The summed E-state index contributed by atoms with van der Waals surface area (Å²) >= 11 is 1.56. The lowest BCUT2D eigenvalue weighted by atomic mass is 10.1. The zero-order valence-electron chi connectivity index (χ0n) is 15.7. The number of nitrogens with one attached hydrogen (secondary N) is 2. The third-order valence-electron chi connectivity index (χ3n) is 3.83. The summed E-state index contributed by atoms with van der Waals surface area (Å²) in [6.07, 6.45) is 1.98. The van der Waals surface area contributed by atoms with Crippen LogP contribution in [0.2, 0.25) is 0 Å². The molecule has 0 saturated heterocycles. The van der Waals surface area contributed by atoms with Crippen molar-refractivity contribution in [1.29, 1.82) is 0 Å². The maximum atomic E-state index is 12.3. The molecule has 0 fully saturated rings. The van der Waals surface area contributed by atoms with E-state index in [0.29, 0.717) is 36.0 Å². The van der Waals surface area contributed by atoms with Crippen LogP contribution in [0.1, 0.15) is 39.3 Å². The van der Waals surface area contributed by atoms with Gasteiger partial charge in [0.05, 0.1) is 4.88 Å². The van der Waals surface area contributed by atoms with Gasteiger partial charge in [0.1, 0.15) is 11.5 Å². The Labute approximate surface area is 161 Å². The van der Waals surface area contributed by atoms with E-state index < -0.39 is 0 Å². The van der Waals surface area contributed by atoms with E-state index in [-0.39, 0.29) is 17.4 Å². The number of rotatable bonds is 7. The van der Waals surface area contributed by atoms with E-state index in [4.69, 9.17) is 0 Å². The first-order chi connectivity index (χ1) is 13.0. The number of nitrogens with zero attached hydrogens (tertiary/aromatic N) is 3. The van der Waals surface area contributed by atoms with Crippen LogP contribution in [0.25, 0.3) is 16.5 Å². The largest absolute Gasteiger partial charge is 0.310 e. The monoisotopic (exact) mass is 385 g/mol. The molecule has 0 bridgehead atoms. The number of carbonyl (C=O) groups excluding carboxylic acids is 1. The van der Waals surface area contributed by atoms with E-state index in [1.165, 1.54) is 10.7 Å². The molecule has 3 heterocycles. The smallest absolute Gasteiger partial charge is 0.252 e. The summed E-state index contributed by atoms with van der Waals surface area (Å²) in [5, 5.41) is 9.44. The average molecular weight is 385 g/mol. The van der Waals surface area contributed by atoms with E-state index in [1.807, 2.05) is 38.3 Å². The Morgan fingerprint density at radius 2 is 2.19 bits per heavy atom. The lowest BCUT2D eigenvalue weighted by Crippen LogP contribution is -2.20. The molecule has 3 rings (SSSR count). The number of aromatic nitrogens is 4. The number of amides is 1. The second-order valence-electron chi connectivity index (χ2n) is 6.76. The van der Waals surface area contributed by atoms with Crippen LogP contribution in [-0.2, 0) is 11.2 Å². The second-order valence-corrected chi connectivity index (χ2v) is 7.71. The predicted octanol–water partition coefficient (Wildman–Crippen LogP) is 3.62. The Kier molecular flexibility index (Phi) is 5.85. The maximum Gasteiger partial charge on any atom is 0.252 e. The molecule has 0 aromatic carbocycles. The summed E-state index contributed by atoms with van der Waals surface area (Å²) in [6.45, 7) is 6.01. The molecule has 0 aliphatic heterocycles. The van der Waals surface area contributed by atoms with Crippen molar-refractivity contribution < 1.29 is 4.79 Å². The van der Waals surface area contributed by atoms with Crippen molar-refractivity contribution in [3.05, 3.63) is 45.7 Å². The van der Waals surface area contributed by atoms with Gasteiger partial charge in [0.2, 0.25) is 11.9 Å². The van der Waals surface area contributed by atoms with Crippen LogP contribution in [0.5, 0.6) is 0 Å². The van der Waals surface area contributed by atoms with Gasteiger partial charge < -0.3 is 5.32 Å². The minimum absolute atomic E-state index is 0.101. The highest BCUT2D eigenvalue weighted by Crippen LogP contribution is 2.27. The van der Waals surface area contributed by atoms with E-state index in [0.717, 1.165) is 11.3 Å². The number of hydrogen-bond acceptors (Lipinski definition) is 5. The van der Waals surface area contributed by atoms with E-state index in [1.54, 1.807) is 17.4 Å². The fourth-order valence-electron chi connectivity index (χ4n) is 2.72. The van der Waals surface area contributed by atoms with E-state index >= 15 is 0 Å². The molecule has 8 heteroatoms. The van der Waals surface area contributed by atoms with Gasteiger partial charge in [-0.15, -0.1) is 11.3 Å². The number of H-pyrrole nitrogens is 1. The van der Waals surface area contributed by atoms with Crippen LogP contribution in [0.4, 0.5) is 5.82 Å². The first-order valence-electron chi connectivity index (χ1n) is 9.00. The third-order valence-corrected chi connectivity index (χ3v) is 4.73. The quantitative estimate of drug-likeness (QED) is 0.650. The number of thiophene rings is 1. The van der Waals surface area contributed by atoms with Crippen LogP contribution in [0.15, 0.2) is 34.4 Å². The van der Waals surface area contributed by atoms with Gasteiger partial charge in [-0.05, 0) is 23.8 Å². The summed E-state index contributed by atoms with van der Waals surface area (Å²) in [5.41, 5.74) is 1.17. The molecule has 0 unspecified atom stereocenters. The van der Waals surface area contributed by atoms with Gasteiger partial charge in [0.15, 0.2) is 0 Å². The van der Waals surface area contributed by atoms with Crippen LogP contribution < -0.4 is 10.9 Å². The number of aryl methyl sites for hydroxylation is 1. The molecule has 0 saturated carbocycles. The van der Waals surface area contributed by atoms with Crippen LogP contribution in [0, 0.1) is 5.92 Å². The van der Waals surface area contributed by atoms with Crippen LogP contribution >= 0.6 is 11.3 Å². The minimum Gasteiger partial charge on any atom is -0.310 e. The van der Waals surface area contributed by atoms with Crippen molar-refractivity contribution >= 4 is 23.1 Å². The van der Waals surface area contributed by atoms with Gasteiger partial charge in [-0.2, -0.15) is 9.78 Å². The Balaban J connectivity index is 2.04. The molecule has 3 aromatic rings. The summed E-state index contributed by atoms with van der Waals surface area (Å²) in [7, 11) is 0. The van der Waals surface area contributed by atoms with Crippen LogP contribution in [-0.4, -0.2) is 25.7 Å². The van der Waals surface area contributed by atoms with Gasteiger partial charge >= 0.3 is 0 Å². The Morgan fingerprint density at radius 3 is 2.85 bits per heavy atom. The topological polar surface area (TPSA) is 92.7 Å². The number of anilines is 1. The van der Waals surface area contributed by atoms with Crippen molar-refractivity contribution in [3.63, 3.8) is 0 Å². The Hall–Kier alpha value is -2.74. The van der Waals surface area contributed by atoms with Crippen molar-refractivity contribution in [3.8, 4) is 16.5 Å². The van der Waals surface area contributed by atoms with Crippen molar-refractivity contribution in [2.24, 2.45) is 5.92 Å². The maximum absolute atomic E-state index is 12.3. The van der Waals surface area contributed by atoms with Gasteiger partial charge in [0.25, 0.3) is 5.56 Å². The fraction of sp³-hybridized carbons (Fsp3) is 0.368. The Bertz CT molecular complexity index is 972. The third kappa shape index (κ3) is 4.71. The molecule has 7 nitrogen and oxygen atoms in total. The molecule has 142 valence electrons. The second kappa shape index (κ2) is 8.30.